The Kier molecular flexibility index (Phi) is 2.49. The Morgan fingerprint density at radius 2 is 1.69 bits per heavy atom. The molecule has 1 aliphatic rings. The average Bonchev–Trinajstić information content (AvgIpc) is 2.97. The molecule has 4 heteroatoms. The fraction of sp³-hybridized carbons (Fsp3) is 0.500. The van der Waals surface area contributed by atoms with E-state index in [4.69, 9.17) is 5.73 Å². The van der Waals surface area contributed by atoms with Crippen molar-refractivity contribution in [3.63, 3.8) is 0 Å². The van der Waals surface area contributed by atoms with E-state index in [2.05, 4.69) is 0 Å². The van der Waals surface area contributed by atoms with E-state index < -0.39 is 11.7 Å². The van der Waals surface area contributed by atoms with Crippen LogP contribution in [0.2, 0.25) is 0 Å². The molecule has 2 N–H and O–H groups in total. The van der Waals surface area contributed by atoms with Crippen molar-refractivity contribution in [1.29, 1.82) is 0 Å². The Morgan fingerprint density at radius 1 is 1.19 bits per heavy atom. The van der Waals surface area contributed by atoms with Gasteiger partial charge in [0.1, 0.15) is 0 Å². The molecule has 1 aromatic carbocycles. The Hall–Kier alpha value is -1.03. The summed E-state index contributed by atoms with van der Waals surface area (Å²) >= 11 is 0. The normalized spacial score (nSPS) is 20.6. The zero-order valence-electron chi connectivity index (χ0n) is 9.01. The predicted octanol–water partition coefficient (Wildman–Crippen LogP) is 3.08. The summed E-state index contributed by atoms with van der Waals surface area (Å²) in [5, 5.41) is 0. The summed E-state index contributed by atoms with van der Waals surface area (Å²) in [4.78, 5) is 0. The molecule has 1 fully saturated rings. The zero-order chi connectivity index (χ0) is 12.0. The monoisotopic (exact) mass is 229 g/mol. The van der Waals surface area contributed by atoms with Crippen LogP contribution < -0.4 is 5.73 Å². The summed E-state index contributed by atoms with van der Waals surface area (Å²) in [5.41, 5.74) is 6.11. The van der Waals surface area contributed by atoms with Gasteiger partial charge in [-0.25, -0.2) is 0 Å². The Bertz CT molecular complexity index is 374. The summed E-state index contributed by atoms with van der Waals surface area (Å²) in [6.45, 7) is 1.91. The first-order valence-corrected chi connectivity index (χ1v) is 5.29. The van der Waals surface area contributed by atoms with Crippen LogP contribution in [0.3, 0.4) is 0 Å². The lowest BCUT2D eigenvalue weighted by atomic mass is 9.89. The van der Waals surface area contributed by atoms with Gasteiger partial charge < -0.3 is 5.73 Å². The van der Waals surface area contributed by atoms with Crippen molar-refractivity contribution < 1.29 is 13.2 Å². The molecule has 0 aliphatic heterocycles. The number of hydrogen-bond acceptors (Lipinski definition) is 1. The molecule has 16 heavy (non-hydrogen) atoms. The molecule has 0 spiro atoms. The van der Waals surface area contributed by atoms with E-state index in [9.17, 15) is 13.2 Å². The van der Waals surface area contributed by atoms with Crippen LogP contribution in [0.1, 0.15) is 30.9 Å². The van der Waals surface area contributed by atoms with Crippen LogP contribution in [0.4, 0.5) is 13.2 Å². The van der Waals surface area contributed by atoms with E-state index in [1.165, 1.54) is 0 Å². The maximum atomic E-state index is 12.4. The van der Waals surface area contributed by atoms with Crippen molar-refractivity contribution in [1.82, 2.24) is 0 Å². The van der Waals surface area contributed by atoms with Crippen LogP contribution in [0, 0.1) is 0 Å². The van der Waals surface area contributed by atoms with Gasteiger partial charge in [0.2, 0.25) is 0 Å². The van der Waals surface area contributed by atoms with Crippen molar-refractivity contribution in [3.05, 3.63) is 35.4 Å². The van der Waals surface area contributed by atoms with E-state index in [0.717, 1.165) is 30.5 Å². The molecule has 1 atom stereocenters. The van der Waals surface area contributed by atoms with Crippen molar-refractivity contribution in [3.8, 4) is 0 Å². The smallest absolute Gasteiger partial charge is 0.327 e. The number of rotatable bonds is 2. The maximum Gasteiger partial charge on any atom is 0.416 e. The number of alkyl halides is 3. The highest BCUT2D eigenvalue weighted by molar-refractivity contribution is 5.36. The van der Waals surface area contributed by atoms with Crippen molar-refractivity contribution in [2.45, 2.75) is 37.4 Å². The maximum absolute atomic E-state index is 12.4. The van der Waals surface area contributed by atoms with Gasteiger partial charge in [-0.3, -0.25) is 0 Å². The highest BCUT2D eigenvalue weighted by Crippen LogP contribution is 2.50. The summed E-state index contributed by atoms with van der Waals surface area (Å²) in [6, 6.07) is 5.37. The Balaban J connectivity index is 2.27. The largest absolute Gasteiger partial charge is 0.416 e. The molecule has 1 aliphatic carbocycles. The van der Waals surface area contributed by atoms with Gasteiger partial charge in [0.05, 0.1) is 5.56 Å². The number of hydrogen-bond donors (Lipinski definition) is 1. The molecule has 0 bridgehead atoms. The zero-order valence-corrected chi connectivity index (χ0v) is 9.01. The number of halogens is 3. The molecular weight excluding hydrogens is 215 g/mol. The SMILES string of the molecule is CC(N)C1(c2ccc(C(F)(F)F)cc2)CC1. The van der Waals surface area contributed by atoms with Crippen LogP contribution >= 0.6 is 0 Å². The van der Waals surface area contributed by atoms with Crippen LogP contribution in [0.15, 0.2) is 24.3 Å². The average molecular weight is 229 g/mol. The Labute approximate surface area is 92.5 Å². The second-order valence-corrected chi connectivity index (χ2v) is 4.52. The fourth-order valence-corrected chi connectivity index (χ4v) is 2.13. The quantitative estimate of drug-likeness (QED) is 0.828. The predicted molar refractivity (Wildman–Crippen MR) is 56.0 cm³/mol. The van der Waals surface area contributed by atoms with Crippen LogP contribution in [0.5, 0.6) is 0 Å². The first-order valence-electron chi connectivity index (χ1n) is 5.29. The molecule has 0 radical (unpaired) electrons. The molecule has 1 saturated carbocycles. The molecular formula is C12H14F3N. The molecule has 2 rings (SSSR count). The van der Waals surface area contributed by atoms with Crippen molar-refractivity contribution >= 4 is 0 Å². The third kappa shape index (κ3) is 1.82. The number of nitrogens with two attached hydrogens (primary N) is 1. The third-order valence-electron chi connectivity index (χ3n) is 3.45. The third-order valence-corrected chi connectivity index (χ3v) is 3.45. The molecule has 1 nitrogen and oxygen atoms in total. The highest BCUT2D eigenvalue weighted by atomic mass is 19.4. The minimum absolute atomic E-state index is 0.00997. The molecule has 0 heterocycles. The molecule has 0 aromatic heterocycles. The van der Waals surface area contributed by atoms with Gasteiger partial charge >= 0.3 is 6.18 Å². The lowest BCUT2D eigenvalue weighted by Crippen LogP contribution is -2.31. The van der Waals surface area contributed by atoms with Gasteiger partial charge in [-0.15, -0.1) is 0 Å². The molecule has 88 valence electrons. The van der Waals surface area contributed by atoms with Gasteiger partial charge in [-0.2, -0.15) is 13.2 Å². The van der Waals surface area contributed by atoms with E-state index in [1.807, 2.05) is 6.92 Å². The first-order chi connectivity index (χ1) is 7.36. The van der Waals surface area contributed by atoms with Gasteiger partial charge in [0.25, 0.3) is 0 Å². The van der Waals surface area contributed by atoms with Crippen LogP contribution in [-0.4, -0.2) is 6.04 Å². The minimum atomic E-state index is -4.26. The highest BCUT2D eigenvalue weighted by Gasteiger charge is 2.47. The van der Waals surface area contributed by atoms with Crippen molar-refractivity contribution in [2.75, 3.05) is 0 Å². The topological polar surface area (TPSA) is 26.0 Å². The molecule has 1 unspecified atom stereocenters. The van der Waals surface area contributed by atoms with E-state index in [0.29, 0.717) is 0 Å². The van der Waals surface area contributed by atoms with Crippen LogP contribution in [-0.2, 0) is 11.6 Å². The standard InChI is InChI=1S/C12H14F3N/c1-8(16)11(6-7-11)9-2-4-10(5-3-9)12(13,14)15/h2-5,8H,6-7,16H2,1H3. The van der Waals surface area contributed by atoms with E-state index in [-0.39, 0.29) is 11.5 Å². The fourth-order valence-electron chi connectivity index (χ4n) is 2.13. The lowest BCUT2D eigenvalue weighted by molar-refractivity contribution is -0.137. The minimum Gasteiger partial charge on any atom is -0.327 e. The van der Waals surface area contributed by atoms with Gasteiger partial charge in [0, 0.05) is 11.5 Å². The summed E-state index contributed by atoms with van der Waals surface area (Å²) in [5.74, 6) is 0. The van der Waals surface area contributed by atoms with Gasteiger partial charge in [-0.05, 0) is 37.5 Å². The Morgan fingerprint density at radius 3 is 2.00 bits per heavy atom. The summed E-state index contributed by atoms with van der Waals surface area (Å²) in [7, 11) is 0. The molecule has 0 amide bonds. The summed E-state index contributed by atoms with van der Waals surface area (Å²) in [6.07, 6.45) is -2.32. The van der Waals surface area contributed by atoms with Crippen LogP contribution in [0.25, 0.3) is 0 Å². The molecule has 0 saturated heterocycles. The van der Waals surface area contributed by atoms with E-state index in [1.54, 1.807) is 12.1 Å². The summed E-state index contributed by atoms with van der Waals surface area (Å²) < 4.78 is 37.1. The number of benzene rings is 1. The van der Waals surface area contributed by atoms with Gasteiger partial charge in [0.15, 0.2) is 0 Å². The van der Waals surface area contributed by atoms with E-state index >= 15 is 0 Å². The van der Waals surface area contributed by atoms with Gasteiger partial charge in [-0.1, -0.05) is 12.1 Å². The molecule has 1 aromatic rings. The second-order valence-electron chi connectivity index (χ2n) is 4.52. The first kappa shape index (κ1) is 11.5. The second kappa shape index (κ2) is 3.48. The lowest BCUT2D eigenvalue weighted by Gasteiger charge is -2.20. The van der Waals surface area contributed by atoms with Crippen molar-refractivity contribution in [2.24, 2.45) is 5.73 Å².